The molecule has 0 amide bonds. The monoisotopic (exact) mass is 246 g/mol. The van der Waals surface area contributed by atoms with Crippen LogP contribution in [-0.2, 0) is 11.2 Å². The molecule has 0 radical (unpaired) electrons. The van der Waals surface area contributed by atoms with Crippen molar-refractivity contribution in [3.05, 3.63) is 29.8 Å². The van der Waals surface area contributed by atoms with Crippen molar-refractivity contribution >= 4 is 5.69 Å². The average Bonchev–Trinajstić information content (AvgIpc) is 2.73. The first kappa shape index (κ1) is 12.0. The highest BCUT2D eigenvalue weighted by atomic mass is 16.5. The largest absolute Gasteiger partial charge is 0.379 e. The van der Waals surface area contributed by atoms with Crippen LogP contribution in [0.2, 0.25) is 0 Å². The van der Waals surface area contributed by atoms with E-state index >= 15 is 0 Å². The van der Waals surface area contributed by atoms with Gasteiger partial charge in [-0.05, 0) is 31.4 Å². The van der Waals surface area contributed by atoms with Crippen LogP contribution in [0, 0.1) is 0 Å². The van der Waals surface area contributed by atoms with E-state index in [2.05, 4.69) is 41.4 Å². The molecule has 3 heteroatoms. The molecule has 2 unspecified atom stereocenters. The molecule has 0 saturated carbocycles. The Bertz CT molecular complexity index is 401. The lowest BCUT2D eigenvalue weighted by atomic mass is 10.1. The summed E-state index contributed by atoms with van der Waals surface area (Å²) < 4.78 is 5.51. The van der Waals surface area contributed by atoms with E-state index in [9.17, 15) is 0 Å². The molecule has 98 valence electrons. The van der Waals surface area contributed by atoms with Gasteiger partial charge < -0.3 is 15.0 Å². The normalized spacial score (nSPS) is 27.3. The number of anilines is 1. The molecule has 2 heterocycles. The summed E-state index contributed by atoms with van der Waals surface area (Å²) in [7, 11) is 0. The quantitative estimate of drug-likeness (QED) is 0.880. The standard InChI is InChI=1S/C15H22N2O/c1-12-10-13-4-2-3-5-15(13)17(12)8-6-14-11-18-9-7-16-14/h2-5,12,14,16H,6-11H2,1H3. The van der Waals surface area contributed by atoms with Crippen LogP contribution in [-0.4, -0.2) is 38.4 Å². The van der Waals surface area contributed by atoms with Crippen LogP contribution in [0.3, 0.4) is 0 Å². The van der Waals surface area contributed by atoms with Crippen molar-refractivity contribution in [2.24, 2.45) is 0 Å². The molecule has 3 rings (SSSR count). The van der Waals surface area contributed by atoms with Crippen LogP contribution in [0.1, 0.15) is 18.9 Å². The van der Waals surface area contributed by atoms with E-state index in [0.29, 0.717) is 12.1 Å². The van der Waals surface area contributed by atoms with Crippen LogP contribution in [0.15, 0.2) is 24.3 Å². The summed E-state index contributed by atoms with van der Waals surface area (Å²) in [6.07, 6.45) is 2.35. The summed E-state index contributed by atoms with van der Waals surface area (Å²) in [5.41, 5.74) is 2.93. The average molecular weight is 246 g/mol. The third-order valence-corrected chi connectivity index (χ3v) is 4.07. The molecular formula is C15H22N2O. The van der Waals surface area contributed by atoms with E-state index in [1.54, 1.807) is 0 Å². The molecule has 0 spiro atoms. The molecule has 0 aromatic heterocycles. The molecule has 2 aliphatic rings. The highest BCUT2D eigenvalue weighted by Gasteiger charge is 2.26. The Morgan fingerprint density at radius 1 is 1.39 bits per heavy atom. The molecule has 18 heavy (non-hydrogen) atoms. The van der Waals surface area contributed by atoms with E-state index in [0.717, 1.165) is 26.3 Å². The van der Waals surface area contributed by atoms with Gasteiger partial charge in [-0.2, -0.15) is 0 Å². The van der Waals surface area contributed by atoms with Crippen LogP contribution >= 0.6 is 0 Å². The first-order chi connectivity index (χ1) is 8.84. The van der Waals surface area contributed by atoms with E-state index in [1.165, 1.54) is 24.1 Å². The minimum absolute atomic E-state index is 0.527. The van der Waals surface area contributed by atoms with Crippen molar-refractivity contribution in [3.63, 3.8) is 0 Å². The number of nitrogens with one attached hydrogen (secondary N) is 1. The molecule has 0 aliphatic carbocycles. The van der Waals surface area contributed by atoms with Crippen LogP contribution in [0.5, 0.6) is 0 Å². The third-order valence-electron chi connectivity index (χ3n) is 4.07. The van der Waals surface area contributed by atoms with Gasteiger partial charge in [0, 0.05) is 30.9 Å². The molecule has 1 N–H and O–H groups in total. The van der Waals surface area contributed by atoms with E-state index in [4.69, 9.17) is 4.74 Å². The van der Waals surface area contributed by atoms with E-state index in [-0.39, 0.29) is 0 Å². The Morgan fingerprint density at radius 3 is 3.11 bits per heavy atom. The van der Waals surface area contributed by atoms with Gasteiger partial charge in [0.25, 0.3) is 0 Å². The van der Waals surface area contributed by atoms with E-state index < -0.39 is 0 Å². The zero-order valence-corrected chi connectivity index (χ0v) is 11.1. The lowest BCUT2D eigenvalue weighted by molar-refractivity contribution is 0.0747. The van der Waals surface area contributed by atoms with Gasteiger partial charge in [-0.1, -0.05) is 18.2 Å². The first-order valence-electron chi connectivity index (χ1n) is 7.00. The summed E-state index contributed by atoms with van der Waals surface area (Å²) in [5.74, 6) is 0. The molecule has 0 bridgehead atoms. The Labute approximate surface area is 109 Å². The SMILES string of the molecule is CC1Cc2ccccc2N1CCC1COCCN1. The summed E-state index contributed by atoms with van der Waals surface area (Å²) >= 11 is 0. The van der Waals surface area contributed by atoms with Crippen molar-refractivity contribution in [2.45, 2.75) is 31.8 Å². The number of benzene rings is 1. The first-order valence-corrected chi connectivity index (χ1v) is 7.00. The fourth-order valence-electron chi connectivity index (χ4n) is 3.07. The van der Waals surface area contributed by atoms with Gasteiger partial charge in [0.15, 0.2) is 0 Å². The van der Waals surface area contributed by atoms with Crippen LogP contribution in [0.4, 0.5) is 5.69 Å². The van der Waals surface area contributed by atoms with Gasteiger partial charge in [0.1, 0.15) is 0 Å². The second-order valence-corrected chi connectivity index (χ2v) is 5.39. The zero-order valence-electron chi connectivity index (χ0n) is 11.1. The summed E-state index contributed by atoms with van der Waals surface area (Å²) in [4.78, 5) is 2.55. The van der Waals surface area contributed by atoms with Crippen molar-refractivity contribution < 1.29 is 4.74 Å². The van der Waals surface area contributed by atoms with Gasteiger partial charge in [0.05, 0.1) is 13.2 Å². The Balaban J connectivity index is 1.62. The fourth-order valence-corrected chi connectivity index (χ4v) is 3.07. The molecule has 2 atom stereocenters. The number of nitrogens with zero attached hydrogens (tertiary/aromatic N) is 1. The number of rotatable bonds is 3. The van der Waals surface area contributed by atoms with Crippen molar-refractivity contribution in [2.75, 3.05) is 31.2 Å². The van der Waals surface area contributed by atoms with Crippen LogP contribution in [0.25, 0.3) is 0 Å². The Hall–Kier alpha value is -1.06. The van der Waals surface area contributed by atoms with Crippen molar-refractivity contribution in [1.82, 2.24) is 5.32 Å². The van der Waals surface area contributed by atoms with Gasteiger partial charge >= 0.3 is 0 Å². The summed E-state index contributed by atoms with van der Waals surface area (Å²) in [5, 5.41) is 3.53. The minimum Gasteiger partial charge on any atom is -0.379 e. The fraction of sp³-hybridized carbons (Fsp3) is 0.600. The molecule has 1 aromatic carbocycles. The molecule has 1 aromatic rings. The number of ether oxygens (including phenoxy) is 1. The maximum Gasteiger partial charge on any atom is 0.0620 e. The summed E-state index contributed by atoms with van der Waals surface area (Å²) in [6, 6.07) is 9.96. The second kappa shape index (κ2) is 5.29. The number of fused-ring (bicyclic) bond motifs is 1. The number of morpholine rings is 1. The third kappa shape index (κ3) is 2.38. The molecule has 2 aliphatic heterocycles. The molecular weight excluding hydrogens is 224 g/mol. The van der Waals surface area contributed by atoms with Crippen LogP contribution < -0.4 is 10.2 Å². The topological polar surface area (TPSA) is 24.5 Å². The smallest absolute Gasteiger partial charge is 0.0620 e. The van der Waals surface area contributed by atoms with Crippen molar-refractivity contribution in [3.8, 4) is 0 Å². The lowest BCUT2D eigenvalue weighted by Gasteiger charge is -2.29. The van der Waals surface area contributed by atoms with Gasteiger partial charge in [-0.15, -0.1) is 0 Å². The van der Waals surface area contributed by atoms with Gasteiger partial charge in [0.2, 0.25) is 0 Å². The number of hydrogen-bond donors (Lipinski definition) is 1. The highest BCUT2D eigenvalue weighted by molar-refractivity contribution is 5.59. The highest BCUT2D eigenvalue weighted by Crippen LogP contribution is 2.31. The minimum atomic E-state index is 0.527. The number of hydrogen-bond acceptors (Lipinski definition) is 3. The maximum absolute atomic E-state index is 5.51. The molecule has 3 nitrogen and oxygen atoms in total. The number of para-hydroxylation sites is 1. The van der Waals surface area contributed by atoms with Gasteiger partial charge in [-0.3, -0.25) is 0 Å². The Morgan fingerprint density at radius 2 is 2.28 bits per heavy atom. The van der Waals surface area contributed by atoms with Crippen molar-refractivity contribution in [1.29, 1.82) is 0 Å². The Kier molecular flexibility index (Phi) is 3.52. The van der Waals surface area contributed by atoms with Gasteiger partial charge in [-0.25, -0.2) is 0 Å². The molecule has 1 fully saturated rings. The predicted molar refractivity (Wildman–Crippen MR) is 74.2 cm³/mol. The predicted octanol–water partition coefficient (Wildman–Crippen LogP) is 1.82. The maximum atomic E-state index is 5.51. The zero-order chi connectivity index (χ0) is 12.4. The lowest BCUT2D eigenvalue weighted by Crippen LogP contribution is -2.44. The summed E-state index contributed by atoms with van der Waals surface area (Å²) in [6.45, 7) is 6.17. The molecule has 1 saturated heterocycles. The van der Waals surface area contributed by atoms with E-state index in [1.807, 2.05) is 0 Å². The second-order valence-electron chi connectivity index (χ2n) is 5.39.